The number of nitrogens with one attached hydrogen (secondary N) is 1. The predicted octanol–water partition coefficient (Wildman–Crippen LogP) is 4.46. The number of rotatable bonds is 6. The second kappa shape index (κ2) is 6.75. The lowest BCUT2D eigenvalue weighted by molar-refractivity contribution is 0.321. The molecule has 1 N–H and O–H groups in total. The maximum Gasteiger partial charge on any atom is 0.0695 e. The van der Waals surface area contributed by atoms with Gasteiger partial charge in [0.25, 0.3) is 0 Å². The molecule has 0 aliphatic carbocycles. The van der Waals surface area contributed by atoms with Gasteiger partial charge in [0.1, 0.15) is 0 Å². The van der Waals surface area contributed by atoms with Gasteiger partial charge in [-0.05, 0) is 36.9 Å². The van der Waals surface area contributed by atoms with Crippen LogP contribution in [0.4, 0.5) is 0 Å². The summed E-state index contributed by atoms with van der Waals surface area (Å²) in [4.78, 5) is 2.36. The van der Waals surface area contributed by atoms with E-state index in [9.17, 15) is 0 Å². The Hall–Kier alpha value is -2.13. The van der Waals surface area contributed by atoms with Crippen molar-refractivity contribution in [2.45, 2.75) is 26.3 Å². The van der Waals surface area contributed by atoms with Crippen LogP contribution in [0.25, 0.3) is 22.0 Å². The fourth-order valence-corrected chi connectivity index (χ4v) is 2.82. The van der Waals surface area contributed by atoms with Crippen molar-refractivity contribution in [2.24, 2.45) is 0 Å². The number of hydrogen-bond acceptors (Lipinski definition) is 2. The van der Waals surface area contributed by atoms with Crippen molar-refractivity contribution in [1.29, 1.82) is 0 Å². The monoisotopic (exact) mass is 293 g/mol. The second-order valence-electron chi connectivity index (χ2n) is 5.92. The summed E-state index contributed by atoms with van der Waals surface area (Å²) in [7, 11) is 2.17. The van der Waals surface area contributed by atoms with Gasteiger partial charge in [-0.3, -0.25) is 5.10 Å². The third kappa shape index (κ3) is 3.20. The standard InChI is InChI=1S/C19H23N3/c1-3-4-11-22(2)14-18-13-20-21-19(18)17-10-9-15-7-5-6-8-16(15)12-17/h5-10,12-13H,3-4,11,14H2,1-2H3,(H,20,21). The molecular formula is C19H23N3. The van der Waals surface area contributed by atoms with Crippen molar-refractivity contribution in [2.75, 3.05) is 13.6 Å². The highest BCUT2D eigenvalue weighted by Crippen LogP contribution is 2.26. The van der Waals surface area contributed by atoms with Crippen LogP contribution in [0, 0.1) is 0 Å². The minimum Gasteiger partial charge on any atom is -0.302 e. The van der Waals surface area contributed by atoms with Gasteiger partial charge < -0.3 is 4.90 Å². The first-order valence-corrected chi connectivity index (χ1v) is 7.98. The van der Waals surface area contributed by atoms with Crippen molar-refractivity contribution < 1.29 is 0 Å². The minimum absolute atomic E-state index is 0.929. The van der Waals surface area contributed by atoms with Gasteiger partial charge in [-0.2, -0.15) is 5.10 Å². The number of fused-ring (bicyclic) bond motifs is 1. The van der Waals surface area contributed by atoms with E-state index in [1.54, 1.807) is 0 Å². The van der Waals surface area contributed by atoms with E-state index < -0.39 is 0 Å². The van der Waals surface area contributed by atoms with Crippen LogP contribution in [0.15, 0.2) is 48.7 Å². The van der Waals surface area contributed by atoms with Crippen molar-refractivity contribution >= 4 is 10.8 Å². The highest BCUT2D eigenvalue weighted by atomic mass is 15.1. The summed E-state index contributed by atoms with van der Waals surface area (Å²) in [5.74, 6) is 0. The number of aromatic nitrogens is 2. The number of benzene rings is 2. The van der Waals surface area contributed by atoms with Crippen molar-refractivity contribution in [3.8, 4) is 11.3 Å². The molecule has 1 heterocycles. The van der Waals surface area contributed by atoms with E-state index in [1.165, 1.54) is 34.7 Å². The molecule has 1 aromatic heterocycles. The Labute approximate surface area is 132 Å². The molecule has 2 aromatic carbocycles. The van der Waals surface area contributed by atoms with Gasteiger partial charge in [-0.25, -0.2) is 0 Å². The quantitative estimate of drug-likeness (QED) is 0.727. The Morgan fingerprint density at radius 2 is 1.91 bits per heavy atom. The van der Waals surface area contributed by atoms with Gasteiger partial charge in [0, 0.05) is 17.7 Å². The van der Waals surface area contributed by atoms with E-state index in [4.69, 9.17) is 0 Å². The first-order chi connectivity index (χ1) is 10.8. The molecule has 3 rings (SSSR count). The molecule has 0 aliphatic heterocycles. The van der Waals surface area contributed by atoms with Crippen molar-refractivity contribution in [3.63, 3.8) is 0 Å². The average Bonchev–Trinajstić information content (AvgIpc) is 3.00. The van der Waals surface area contributed by atoms with E-state index in [2.05, 4.69) is 71.5 Å². The fourth-order valence-electron chi connectivity index (χ4n) is 2.82. The molecule has 0 amide bonds. The largest absolute Gasteiger partial charge is 0.302 e. The Balaban J connectivity index is 1.86. The molecule has 0 spiro atoms. The lowest BCUT2D eigenvalue weighted by Crippen LogP contribution is -2.19. The minimum atomic E-state index is 0.929. The Bertz CT molecular complexity index is 745. The molecule has 22 heavy (non-hydrogen) atoms. The third-order valence-corrected chi connectivity index (χ3v) is 4.09. The van der Waals surface area contributed by atoms with Crippen LogP contribution in [0.3, 0.4) is 0 Å². The van der Waals surface area contributed by atoms with Crippen molar-refractivity contribution in [3.05, 3.63) is 54.2 Å². The van der Waals surface area contributed by atoms with Gasteiger partial charge >= 0.3 is 0 Å². The van der Waals surface area contributed by atoms with Crippen LogP contribution in [0.2, 0.25) is 0 Å². The summed E-state index contributed by atoms with van der Waals surface area (Å²) in [6, 6.07) is 15.0. The average molecular weight is 293 g/mol. The van der Waals surface area contributed by atoms with Crippen LogP contribution in [0.5, 0.6) is 0 Å². The van der Waals surface area contributed by atoms with E-state index >= 15 is 0 Å². The second-order valence-corrected chi connectivity index (χ2v) is 5.92. The van der Waals surface area contributed by atoms with Crippen LogP contribution in [-0.4, -0.2) is 28.7 Å². The number of aromatic amines is 1. The summed E-state index contributed by atoms with van der Waals surface area (Å²) in [6.07, 6.45) is 4.42. The molecule has 3 nitrogen and oxygen atoms in total. The van der Waals surface area contributed by atoms with Gasteiger partial charge in [0.05, 0.1) is 11.9 Å². The Kier molecular flexibility index (Phi) is 4.54. The van der Waals surface area contributed by atoms with Gasteiger partial charge in [-0.1, -0.05) is 49.7 Å². The maximum atomic E-state index is 4.26. The zero-order chi connectivity index (χ0) is 15.4. The first-order valence-electron chi connectivity index (χ1n) is 7.98. The molecule has 0 radical (unpaired) electrons. The number of nitrogens with zero attached hydrogens (tertiary/aromatic N) is 2. The highest BCUT2D eigenvalue weighted by molar-refractivity contribution is 5.87. The fraction of sp³-hybridized carbons (Fsp3) is 0.316. The molecule has 0 fully saturated rings. The lowest BCUT2D eigenvalue weighted by Gasteiger charge is -2.16. The van der Waals surface area contributed by atoms with E-state index in [1.807, 2.05) is 6.20 Å². The van der Waals surface area contributed by atoms with Crippen LogP contribution >= 0.6 is 0 Å². The Morgan fingerprint density at radius 1 is 1.09 bits per heavy atom. The molecule has 3 aromatic rings. The SMILES string of the molecule is CCCCN(C)Cc1cn[nH]c1-c1ccc2ccccc2c1. The van der Waals surface area contributed by atoms with E-state index in [0.717, 1.165) is 18.8 Å². The summed E-state index contributed by atoms with van der Waals surface area (Å²) in [5.41, 5.74) is 3.60. The van der Waals surface area contributed by atoms with Crippen LogP contribution in [0.1, 0.15) is 25.3 Å². The highest BCUT2D eigenvalue weighted by Gasteiger charge is 2.10. The normalized spacial score (nSPS) is 11.4. The molecule has 0 bridgehead atoms. The maximum absolute atomic E-state index is 4.26. The van der Waals surface area contributed by atoms with Crippen LogP contribution < -0.4 is 0 Å². The summed E-state index contributed by atoms with van der Waals surface area (Å²) in [5, 5.41) is 9.97. The van der Waals surface area contributed by atoms with E-state index in [0.29, 0.717) is 0 Å². The molecule has 0 saturated carbocycles. The van der Waals surface area contributed by atoms with Gasteiger partial charge in [-0.15, -0.1) is 0 Å². The predicted molar refractivity (Wildman–Crippen MR) is 92.8 cm³/mol. The number of unbranched alkanes of at least 4 members (excludes halogenated alkanes) is 1. The molecule has 0 aliphatic rings. The number of H-pyrrole nitrogens is 1. The lowest BCUT2D eigenvalue weighted by atomic mass is 10.0. The number of hydrogen-bond donors (Lipinski definition) is 1. The molecule has 0 atom stereocenters. The summed E-state index contributed by atoms with van der Waals surface area (Å²) >= 11 is 0. The zero-order valence-corrected chi connectivity index (χ0v) is 13.3. The van der Waals surface area contributed by atoms with Crippen LogP contribution in [-0.2, 0) is 6.54 Å². The smallest absolute Gasteiger partial charge is 0.0695 e. The molecule has 0 saturated heterocycles. The molecular weight excluding hydrogens is 270 g/mol. The van der Waals surface area contributed by atoms with E-state index in [-0.39, 0.29) is 0 Å². The topological polar surface area (TPSA) is 31.9 Å². The summed E-state index contributed by atoms with van der Waals surface area (Å²) < 4.78 is 0. The van der Waals surface area contributed by atoms with Crippen molar-refractivity contribution in [1.82, 2.24) is 15.1 Å². The van der Waals surface area contributed by atoms with Gasteiger partial charge in [0.2, 0.25) is 0 Å². The first kappa shape index (κ1) is 14.8. The molecule has 3 heteroatoms. The molecule has 114 valence electrons. The molecule has 0 unspecified atom stereocenters. The summed E-state index contributed by atoms with van der Waals surface area (Å²) in [6.45, 7) is 4.28. The third-order valence-electron chi connectivity index (χ3n) is 4.09. The Morgan fingerprint density at radius 3 is 2.73 bits per heavy atom. The van der Waals surface area contributed by atoms with Gasteiger partial charge in [0.15, 0.2) is 0 Å². The zero-order valence-electron chi connectivity index (χ0n) is 13.3.